The fourth-order valence-electron chi connectivity index (χ4n) is 2.72. The molecule has 2 aromatic carbocycles. The molecule has 0 saturated carbocycles. The van der Waals surface area contributed by atoms with Crippen LogP contribution in [0.2, 0.25) is 0 Å². The van der Waals surface area contributed by atoms with Gasteiger partial charge >= 0.3 is 12.4 Å². The smallest absolute Gasteiger partial charge is 0.311 e. The van der Waals surface area contributed by atoms with Crippen molar-refractivity contribution in [2.24, 2.45) is 0 Å². The number of carbonyl (C=O) groups is 2. The summed E-state index contributed by atoms with van der Waals surface area (Å²) in [5, 5.41) is 0. The highest BCUT2D eigenvalue weighted by molar-refractivity contribution is 6.07. The zero-order chi connectivity index (χ0) is 21.8. The van der Waals surface area contributed by atoms with Gasteiger partial charge in [-0.05, 0) is 36.6 Å². The van der Waals surface area contributed by atoms with Gasteiger partial charge < -0.3 is 4.90 Å². The number of Topliss-reactive ketones (excluding diaryl/α,β-unsaturated/α-hetero) is 1. The van der Waals surface area contributed by atoms with E-state index in [0.717, 1.165) is 17.0 Å². The lowest BCUT2D eigenvalue weighted by Crippen LogP contribution is -2.37. The van der Waals surface area contributed by atoms with Crippen LogP contribution in [0.4, 0.5) is 32.0 Å². The minimum atomic E-state index is -5.14. The van der Waals surface area contributed by atoms with Crippen molar-refractivity contribution in [3.8, 4) is 0 Å². The van der Waals surface area contributed by atoms with Crippen LogP contribution in [-0.2, 0) is 22.2 Å². The van der Waals surface area contributed by atoms with Crippen LogP contribution < -0.4 is 4.90 Å². The van der Waals surface area contributed by atoms with E-state index < -0.39 is 36.0 Å². The minimum Gasteiger partial charge on any atom is -0.311 e. The predicted octanol–water partition coefficient (Wildman–Crippen LogP) is 5.11. The van der Waals surface area contributed by atoms with E-state index in [4.69, 9.17) is 0 Å². The summed E-state index contributed by atoms with van der Waals surface area (Å²) in [7, 11) is 0. The van der Waals surface area contributed by atoms with Crippen LogP contribution in [0.5, 0.6) is 0 Å². The molecule has 0 aromatic heterocycles. The molecule has 0 fully saturated rings. The first-order chi connectivity index (χ1) is 13.4. The molecule has 0 bridgehead atoms. The summed E-state index contributed by atoms with van der Waals surface area (Å²) in [6.45, 7) is 1.45. The van der Waals surface area contributed by atoms with E-state index >= 15 is 0 Å². The van der Waals surface area contributed by atoms with Gasteiger partial charge in [0.25, 0.3) is 0 Å². The topological polar surface area (TPSA) is 37.4 Å². The number of benzene rings is 2. The largest absolute Gasteiger partial charge is 0.450 e. The van der Waals surface area contributed by atoms with Crippen molar-refractivity contribution < 1.29 is 35.9 Å². The van der Waals surface area contributed by atoms with E-state index in [0.29, 0.717) is 11.3 Å². The molecule has 0 radical (unpaired) electrons. The lowest BCUT2D eigenvalue weighted by molar-refractivity contribution is -0.171. The van der Waals surface area contributed by atoms with E-state index in [1.807, 2.05) is 0 Å². The van der Waals surface area contributed by atoms with E-state index in [1.165, 1.54) is 18.2 Å². The van der Waals surface area contributed by atoms with Gasteiger partial charge in [0, 0.05) is 12.2 Å². The molecule has 0 saturated heterocycles. The summed E-state index contributed by atoms with van der Waals surface area (Å²) < 4.78 is 76.2. The Morgan fingerprint density at radius 1 is 0.931 bits per heavy atom. The van der Waals surface area contributed by atoms with Gasteiger partial charge in [-0.1, -0.05) is 36.4 Å². The fourth-order valence-corrected chi connectivity index (χ4v) is 2.72. The quantitative estimate of drug-likeness (QED) is 0.484. The average Bonchev–Trinajstić information content (AvgIpc) is 2.62. The van der Waals surface area contributed by atoms with Crippen molar-refractivity contribution in [3.05, 3.63) is 65.2 Å². The third-order valence-electron chi connectivity index (χ3n) is 4.21. The summed E-state index contributed by atoms with van der Waals surface area (Å²) in [4.78, 5) is 24.7. The van der Waals surface area contributed by atoms with Gasteiger partial charge in [-0.15, -0.1) is 0 Å². The number of halogens is 6. The van der Waals surface area contributed by atoms with Gasteiger partial charge in [0.1, 0.15) is 0 Å². The van der Waals surface area contributed by atoms with Crippen LogP contribution in [-0.4, -0.2) is 24.4 Å². The van der Waals surface area contributed by atoms with Crippen molar-refractivity contribution in [1.82, 2.24) is 0 Å². The van der Waals surface area contributed by atoms with E-state index in [2.05, 4.69) is 0 Å². The number of amides is 1. The van der Waals surface area contributed by atoms with Crippen molar-refractivity contribution in [2.45, 2.75) is 32.1 Å². The molecule has 2 rings (SSSR count). The Hall–Kier alpha value is -2.84. The number of alkyl halides is 6. The van der Waals surface area contributed by atoms with Gasteiger partial charge in [0.05, 0.1) is 12.0 Å². The second kappa shape index (κ2) is 8.67. The molecule has 156 valence electrons. The number of aryl methyl sites for hydroxylation is 1. The van der Waals surface area contributed by atoms with E-state index in [1.54, 1.807) is 25.1 Å². The number of nitrogens with zero attached hydrogens (tertiary/aromatic N) is 1. The number of para-hydroxylation sites is 1. The molecular formula is C20H17F6NO2. The molecule has 0 N–H and O–H groups in total. The second-order valence-electron chi connectivity index (χ2n) is 6.38. The van der Waals surface area contributed by atoms with E-state index in [-0.39, 0.29) is 18.5 Å². The van der Waals surface area contributed by atoms with Gasteiger partial charge in [-0.25, -0.2) is 0 Å². The Morgan fingerprint density at radius 3 is 2.17 bits per heavy atom. The summed E-state index contributed by atoms with van der Waals surface area (Å²) in [5.74, 6) is -3.26. The van der Waals surface area contributed by atoms with Gasteiger partial charge in [0.2, 0.25) is 11.7 Å². The first-order valence-electron chi connectivity index (χ1n) is 8.51. The maximum Gasteiger partial charge on any atom is 0.450 e. The summed E-state index contributed by atoms with van der Waals surface area (Å²) in [6.07, 6.45) is -11.1. The predicted molar refractivity (Wildman–Crippen MR) is 94.4 cm³/mol. The molecule has 1 amide bonds. The first-order valence-corrected chi connectivity index (χ1v) is 8.51. The number of hydrogen-bond acceptors (Lipinski definition) is 2. The average molecular weight is 417 g/mol. The summed E-state index contributed by atoms with van der Waals surface area (Å²) in [5.41, 5.74) is 0.258. The van der Waals surface area contributed by atoms with Crippen molar-refractivity contribution >= 4 is 17.4 Å². The molecule has 0 atom stereocenters. The van der Waals surface area contributed by atoms with Crippen molar-refractivity contribution in [1.29, 1.82) is 0 Å². The Labute approximate surface area is 162 Å². The van der Waals surface area contributed by atoms with Crippen LogP contribution in [0.1, 0.15) is 23.1 Å². The highest BCUT2D eigenvalue weighted by atomic mass is 19.4. The first kappa shape index (κ1) is 22.4. The highest BCUT2D eigenvalue weighted by Gasteiger charge is 2.40. The maximum atomic E-state index is 12.9. The van der Waals surface area contributed by atoms with Crippen molar-refractivity contribution in [3.63, 3.8) is 0 Å². The Balaban J connectivity index is 2.26. The molecule has 0 heterocycles. The molecule has 0 spiro atoms. The molecule has 29 heavy (non-hydrogen) atoms. The summed E-state index contributed by atoms with van der Waals surface area (Å²) >= 11 is 0. The van der Waals surface area contributed by atoms with Crippen LogP contribution in [0.15, 0.2) is 48.5 Å². The molecule has 3 nitrogen and oxygen atoms in total. The summed E-state index contributed by atoms with van der Waals surface area (Å²) in [6, 6.07) is 10.8. The molecule has 2 aromatic rings. The van der Waals surface area contributed by atoms with Crippen LogP contribution >= 0.6 is 0 Å². The Morgan fingerprint density at radius 2 is 1.59 bits per heavy atom. The van der Waals surface area contributed by atoms with Crippen LogP contribution in [0, 0.1) is 6.92 Å². The number of ketones is 1. The maximum absolute atomic E-state index is 12.9. The van der Waals surface area contributed by atoms with Gasteiger partial charge in [0.15, 0.2) is 0 Å². The Kier molecular flexibility index (Phi) is 6.71. The minimum absolute atomic E-state index is 0.0375. The standard InChI is InChI=1S/C20H17F6NO2/c1-13-5-2-3-8-16(13)27(18(29)12-17(28)20(24,25)26)10-9-14-6-4-7-15(11-14)19(21,22)23/h2-8,11H,9-10,12H2,1H3. The number of anilines is 1. The number of carbonyl (C=O) groups excluding carboxylic acids is 2. The fraction of sp³-hybridized carbons (Fsp3) is 0.300. The Bertz CT molecular complexity index is 889. The third-order valence-corrected chi connectivity index (χ3v) is 4.21. The van der Waals surface area contributed by atoms with Crippen LogP contribution in [0.25, 0.3) is 0 Å². The molecule has 0 aliphatic heterocycles. The van der Waals surface area contributed by atoms with E-state index in [9.17, 15) is 35.9 Å². The van der Waals surface area contributed by atoms with Crippen molar-refractivity contribution in [2.75, 3.05) is 11.4 Å². The zero-order valence-electron chi connectivity index (χ0n) is 15.3. The SMILES string of the molecule is Cc1ccccc1N(CCc1cccc(C(F)(F)F)c1)C(=O)CC(=O)C(F)(F)F. The van der Waals surface area contributed by atoms with Crippen LogP contribution in [0.3, 0.4) is 0 Å². The second-order valence-corrected chi connectivity index (χ2v) is 6.38. The monoisotopic (exact) mass is 417 g/mol. The molecule has 9 heteroatoms. The highest BCUT2D eigenvalue weighted by Crippen LogP contribution is 2.30. The zero-order valence-corrected chi connectivity index (χ0v) is 15.3. The lowest BCUT2D eigenvalue weighted by atomic mass is 10.1. The normalized spacial score (nSPS) is 12.0. The third kappa shape index (κ3) is 6.07. The molecule has 0 aliphatic carbocycles. The molecular weight excluding hydrogens is 400 g/mol. The number of rotatable bonds is 6. The number of hydrogen-bond donors (Lipinski definition) is 0. The molecule has 0 aliphatic rings. The van der Waals surface area contributed by atoms with Gasteiger partial charge in [-0.3, -0.25) is 9.59 Å². The van der Waals surface area contributed by atoms with Gasteiger partial charge in [-0.2, -0.15) is 26.3 Å². The molecule has 0 unspecified atom stereocenters. The lowest BCUT2D eigenvalue weighted by Gasteiger charge is -2.25.